The van der Waals surface area contributed by atoms with Gasteiger partial charge in [0.25, 0.3) is 0 Å². The van der Waals surface area contributed by atoms with E-state index >= 15 is 0 Å². The highest BCUT2D eigenvalue weighted by Gasteiger charge is 2.21. The van der Waals surface area contributed by atoms with Crippen LogP contribution in [-0.2, 0) is 4.74 Å². The number of benzene rings is 1. The van der Waals surface area contributed by atoms with E-state index in [0.717, 1.165) is 29.4 Å². The minimum Gasteiger partial charge on any atom is -0.466 e. The predicted octanol–water partition coefficient (Wildman–Crippen LogP) is 2.49. The summed E-state index contributed by atoms with van der Waals surface area (Å²) in [5, 5.41) is 8.75. The van der Waals surface area contributed by atoms with E-state index in [4.69, 9.17) is 14.6 Å². The van der Waals surface area contributed by atoms with E-state index in [9.17, 15) is 0 Å². The van der Waals surface area contributed by atoms with Crippen LogP contribution >= 0.6 is 0 Å². The first-order chi connectivity index (χ1) is 9.29. The van der Waals surface area contributed by atoms with Gasteiger partial charge in [-0.1, -0.05) is 17.9 Å². The number of aliphatic hydroxyl groups is 1. The van der Waals surface area contributed by atoms with Gasteiger partial charge in [-0.05, 0) is 43.4 Å². The van der Waals surface area contributed by atoms with Gasteiger partial charge < -0.3 is 14.6 Å². The van der Waals surface area contributed by atoms with Crippen molar-refractivity contribution < 1.29 is 14.6 Å². The molecule has 0 unspecified atom stereocenters. The summed E-state index contributed by atoms with van der Waals surface area (Å²) in [5.41, 5.74) is 1.99. The van der Waals surface area contributed by atoms with Crippen LogP contribution in [0.25, 0.3) is 0 Å². The lowest BCUT2D eigenvalue weighted by molar-refractivity contribution is 0.00982. The van der Waals surface area contributed by atoms with Gasteiger partial charge >= 0.3 is 0 Å². The molecule has 1 fully saturated rings. The van der Waals surface area contributed by atoms with E-state index in [2.05, 4.69) is 11.8 Å². The average molecular weight is 260 g/mol. The Morgan fingerprint density at radius 3 is 2.95 bits per heavy atom. The SMILES string of the molecule is Cc1ccc(OCOCC2CC2)c(C#CCCO)c1. The largest absolute Gasteiger partial charge is 0.466 e. The molecule has 3 nitrogen and oxygen atoms in total. The van der Waals surface area contributed by atoms with E-state index in [1.165, 1.54) is 12.8 Å². The quantitative estimate of drug-likeness (QED) is 0.485. The van der Waals surface area contributed by atoms with E-state index in [1.54, 1.807) is 0 Å². The van der Waals surface area contributed by atoms with Gasteiger partial charge in [0.1, 0.15) is 5.75 Å². The Hall–Kier alpha value is -1.50. The van der Waals surface area contributed by atoms with Gasteiger partial charge in [0.2, 0.25) is 0 Å². The molecule has 0 amide bonds. The summed E-state index contributed by atoms with van der Waals surface area (Å²) < 4.78 is 11.1. The molecule has 1 aromatic rings. The second kappa shape index (κ2) is 7.18. The standard InChI is InChI=1S/C16H20O3/c1-13-5-8-16(15(10-13)4-2-3-9-17)19-12-18-11-14-6-7-14/h5,8,10,14,17H,3,6-7,9,11-12H2,1H3. The number of ether oxygens (including phenoxy) is 2. The third-order valence-corrected chi connectivity index (χ3v) is 2.94. The maximum absolute atomic E-state index is 8.75. The molecule has 1 N–H and O–H groups in total. The fourth-order valence-electron chi connectivity index (χ4n) is 1.69. The zero-order valence-corrected chi connectivity index (χ0v) is 11.3. The van der Waals surface area contributed by atoms with Crippen LogP contribution in [-0.4, -0.2) is 25.1 Å². The maximum Gasteiger partial charge on any atom is 0.189 e. The number of hydrogen-bond acceptors (Lipinski definition) is 3. The van der Waals surface area contributed by atoms with Crippen LogP contribution in [0.1, 0.15) is 30.4 Å². The molecular formula is C16H20O3. The molecule has 19 heavy (non-hydrogen) atoms. The molecule has 2 rings (SSSR count). The third kappa shape index (κ3) is 4.94. The van der Waals surface area contributed by atoms with Crippen molar-refractivity contribution in [3.8, 4) is 17.6 Å². The van der Waals surface area contributed by atoms with Gasteiger partial charge in [-0.25, -0.2) is 0 Å². The molecule has 0 saturated heterocycles. The van der Waals surface area contributed by atoms with Gasteiger partial charge in [-0.2, -0.15) is 0 Å². The van der Waals surface area contributed by atoms with E-state index < -0.39 is 0 Å². The lowest BCUT2D eigenvalue weighted by Crippen LogP contribution is -2.06. The Labute approximate surface area is 114 Å². The highest BCUT2D eigenvalue weighted by molar-refractivity contribution is 5.47. The molecule has 0 spiro atoms. The molecule has 1 saturated carbocycles. The van der Waals surface area contributed by atoms with Gasteiger partial charge in [0, 0.05) is 6.42 Å². The minimum atomic E-state index is 0.0828. The molecule has 0 aliphatic heterocycles. The normalized spacial score (nSPS) is 13.8. The molecule has 1 aliphatic carbocycles. The number of aryl methyl sites for hydroxylation is 1. The molecule has 1 aliphatic rings. The molecule has 0 bridgehead atoms. The van der Waals surface area contributed by atoms with Crippen molar-refractivity contribution in [2.24, 2.45) is 5.92 Å². The lowest BCUT2D eigenvalue weighted by atomic mass is 10.1. The summed E-state index contributed by atoms with van der Waals surface area (Å²) in [7, 11) is 0. The summed E-state index contributed by atoms with van der Waals surface area (Å²) in [6, 6.07) is 5.90. The first-order valence-electron chi connectivity index (χ1n) is 6.70. The zero-order chi connectivity index (χ0) is 13.5. The topological polar surface area (TPSA) is 38.7 Å². The summed E-state index contributed by atoms with van der Waals surface area (Å²) in [4.78, 5) is 0. The second-order valence-corrected chi connectivity index (χ2v) is 4.85. The van der Waals surface area contributed by atoms with Crippen molar-refractivity contribution in [3.05, 3.63) is 29.3 Å². The Bertz CT molecular complexity index is 467. The number of aliphatic hydroxyl groups excluding tert-OH is 1. The van der Waals surface area contributed by atoms with E-state index in [-0.39, 0.29) is 13.4 Å². The van der Waals surface area contributed by atoms with Gasteiger partial charge in [-0.15, -0.1) is 0 Å². The molecular weight excluding hydrogens is 240 g/mol. The monoisotopic (exact) mass is 260 g/mol. The van der Waals surface area contributed by atoms with Crippen molar-refractivity contribution >= 4 is 0 Å². The Morgan fingerprint density at radius 1 is 1.37 bits per heavy atom. The van der Waals surface area contributed by atoms with Crippen molar-refractivity contribution in [3.63, 3.8) is 0 Å². The molecule has 0 heterocycles. The fourth-order valence-corrected chi connectivity index (χ4v) is 1.69. The first-order valence-corrected chi connectivity index (χ1v) is 6.70. The van der Waals surface area contributed by atoms with Crippen LogP contribution in [0.4, 0.5) is 0 Å². The first kappa shape index (κ1) is 13.9. The number of rotatable bonds is 6. The average Bonchev–Trinajstić information content (AvgIpc) is 3.21. The van der Waals surface area contributed by atoms with E-state index in [1.807, 2.05) is 25.1 Å². The van der Waals surface area contributed by atoms with Crippen LogP contribution in [0.3, 0.4) is 0 Å². The van der Waals surface area contributed by atoms with Crippen LogP contribution in [0.2, 0.25) is 0 Å². The molecule has 0 aromatic heterocycles. The second-order valence-electron chi connectivity index (χ2n) is 4.85. The van der Waals surface area contributed by atoms with Crippen LogP contribution in [0.5, 0.6) is 5.75 Å². The molecule has 0 atom stereocenters. The van der Waals surface area contributed by atoms with Crippen molar-refractivity contribution in [1.82, 2.24) is 0 Å². The third-order valence-electron chi connectivity index (χ3n) is 2.94. The number of hydrogen-bond donors (Lipinski definition) is 1. The van der Waals surface area contributed by atoms with Crippen LogP contribution in [0.15, 0.2) is 18.2 Å². The minimum absolute atomic E-state index is 0.0828. The molecule has 0 radical (unpaired) electrons. The summed E-state index contributed by atoms with van der Waals surface area (Å²) in [6.07, 6.45) is 3.04. The van der Waals surface area contributed by atoms with Crippen LogP contribution in [0, 0.1) is 24.7 Å². The Kier molecular flexibility index (Phi) is 5.26. The van der Waals surface area contributed by atoms with Gasteiger partial charge in [0.05, 0.1) is 18.8 Å². The molecule has 102 valence electrons. The van der Waals surface area contributed by atoms with Gasteiger partial charge in [-0.3, -0.25) is 0 Å². The van der Waals surface area contributed by atoms with E-state index in [0.29, 0.717) is 6.42 Å². The molecule has 1 aromatic carbocycles. The van der Waals surface area contributed by atoms with Crippen molar-refractivity contribution in [1.29, 1.82) is 0 Å². The van der Waals surface area contributed by atoms with Crippen molar-refractivity contribution in [2.45, 2.75) is 26.2 Å². The van der Waals surface area contributed by atoms with Gasteiger partial charge in [0.15, 0.2) is 6.79 Å². The fraction of sp³-hybridized carbons (Fsp3) is 0.500. The Balaban J connectivity index is 1.91. The Morgan fingerprint density at radius 2 is 2.21 bits per heavy atom. The zero-order valence-electron chi connectivity index (χ0n) is 11.3. The summed E-state index contributed by atoms with van der Waals surface area (Å²) in [5.74, 6) is 7.43. The highest BCUT2D eigenvalue weighted by atomic mass is 16.7. The van der Waals surface area contributed by atoms with Crippen LogP contribution < -0.4 is 4.74 Å². The summed E-state index contributed by atoms with van der Waals surface area (Å²) >= 11 is 0. The maximum atomic E-state index is 8.75. The highest BCUT2D eigenvalue weighted by Crippen LogP contribution is 2.28. The summed E-state index contributed by atoms with van der Waals surface area (Å²) in [6.45, 7) is 3.16. The van der Waals surface area contributed by atoms with Crippen molar-refractivity contribution in [2.75, 3.05) is 20.0 Å². The lowest BCUT2D eigenvalue weighted by Gasteiger charge is -2.09. The smallest absolute Gasteiger partial charge is 0.189 e. The predicted molar refractivity (Wildman–Crippen MR) is 73.9 cm³/mol. The molecule has 3 heteroatoms.